The van der Waals surface area contributed by atoms with Crippen LogP contribution in [0.1, 0.15) is 28.8 Å². The zero-order valence-corrected chi connectivity index (χ0v) is 11.1. The van der Waals surface area contributed by atoms with Gasteiger partial charge in [-0.2, -0.15) is 0 Å². The van der Waals surface area contributed by atoms with Crippen molar-refractivity contribution in [2.75, 3.05) is 12.8 Å². The maximum atomic E-state index is 12.4. The molecule has 2 heterocycles. The van der Waals surface area contributed by atoms with Crippen LogP contribution in [0.5, 0.6) is 0 Å². The third-order valence-corrected chi connectivity index (χ3v) is 4.00. The van der Waals surface area contributed by atoms with Crippen LogP contribution in [0.15, 0.2) is 18.2 Å². The molecule has 2 aliphatic rings. The predicted molar refractivity (Wildman–Crippen MR) is 71.5 cm³/mol. The Labute approximate surface area is 116 Å². The molecule has 2 N–H and O–H groups in total. The van der Waals surface area contributed by atoms with Gasteiger partial charge >= 0.3 is 0 Å². The van der Waals surface area contributed by atoms with Crippen LogP contribution in [-0.2, 0) is 16.1 Å². The largest absolute Gasteiger partial charge is 0.398 e. The van der Waals surface area contributed by atoms with Crippen molar-refractivity contribution >= 4 is 23.4 Å². The summed E-state index contributed by atoms with van der Waals surface area (Å²) in [7, 11) is 1.46. The maximum absolute atomic E-state index is 12.4. The number of piperidine rings is 1. The smallest absolute Gasteiger partial charge is 0.257 e. The minimum atomic E-state index is -0.572. The average Bonchev–Trinajstić information content (AvgIpc) is 2.75. The summed E-state index contributed by atoms with van der Waals surface area (Å²) < 4.78 is 0. The lowest BCUT2D eigenvalue weighted by Crippen LogP contribution is -2.53. The number of hydrogen-bond donors (Lipinski definition) is 1. The normalized spacial score (nSPS) is 22.4. The highest BCUT2D eigenvalue weighted by Gasteiger charge is 2.41. The Bertz CT molecular complexity index is 626. The molecular weight excluding hydrogens is 258 g/mol. The fraction of sp³-hybridized carbons (Fsp3) is 0.357. The molecule has 20 heavy (non-hydrogen) atoms. The zero-order valence-electron chi connectivity index (χ0n) is 11.1. The number of carbonyl (C=O) groups is 3. The van der Waals surface area contributed by atoms with E-state index in [4.69, 9.17) is 5.73 Å². The first kappa shape index (κ1) is 12.7. The molecule has 1 fully saturated rings. The van der Waals surface area contributed by atoms with Gasteiger partial charge in [-0.25, -0.2) is 0 Å². The zero-order chi connectivity index (χ0) is 14.4. The third-order valence-electron chi connectivity index (χ3n) is 4.00. The van der Waals surface area contributed by atoms with E-state index in [1.165, 1.54) is 11.9 Å². The molecule has 3 amide bonds. The summed E-state index contributed by atoms with van der Waals surface area (Å²) in [5.74, 6) is -0.741. The molecule has 0 spiro atoms. The van der Waals surface area contributed by atoms with Gasteiger partial charge in [0.2, 0.25) is 5.91 Å². The molecule has 1 saturated heterocycles. The van der Waals surface area contributed by atoms with E-state index in [1.807, 2.05) is 6.07 Å². The van der Waals surface area contributed by atoms with E-state index < -0.39 is 6.04 Å². The van der Waals surface area contributed by atoms with Gasteiger partial charge in [0.1, 0.15) is 6.04 Å². The molecule has 104 valence electrons. The van der Waals surface area contributed by atoms with Gasteiger partial charge in [0, 0.05) is 25.7 Å². The van der Waals surface area contributed by atoms with Crippen molar-refractivity contribution in [2.45, 2.75) is 25.4 Å². The van der Waals surface area contributed by atoms with Gasteiger partial charge in [-0.1, -0.05) is 12.1 Å². The van der Waals surface area contributed by atoms with Crippen molar-refractivity contribution in [3.8, 4) is 0 Å². The van der Waals surface area contributed by atoms with Gasteiger partial charge in [-0.05, 0) is 18.1 Å². The Morgan fingerprint density at radius 2 is 2.00 bits per heavy atom. The Balaban J connectivity index is 1.91. The standard InChI is InChI=1S/C14H15N3O3/c1-16-11(18)6-5-10(13(16)19)17-7-8-3-2-4-9(15)12(8)14(17)20/h2-4,10H,5-7,15H2,1H3. The molecule has 1 aromatic carbocycles. The van der Waals surface area contributed by atoms with Crippen molar-refractivity contribution in [3.05, 3.63) is 29.3 Å². The number of rotatable bonds is 1. The molecule has 1 aromatic rings. The van der Waals surface area contributed by atoms with Gasteiger partial charge in [-0.15, -0.1) is 0 Å². The topological polar surface area (TPSA) is 83.7 Å². The summed E-state index contributed by atoms with van der Waals surface area (Å²) in [5, 5.41) is 0. The molecule has 0 aromatic heterocycles. The van der Waals surface area contributed by atoms with E-state index in [9.17, 15) is 14.4 Å². The Hall–Kier alpha value is -2.37. The number of anilines is 1. The van der Waals surface area contributed by atoms with E-state index in [1.54, 1.807) is 12.1 Å². The second-order valence-corrected chi connectivity index (χ2v) is 5.16. The monoisotopic (exact) mass is 273 g/mol. The average molecular weight is 273 g/mol. The van der Waals surface area contributed by atoms with Gasteiger partial charge in [0.05, 0.1) is 5.56 Å². The first-order valence-electron chi connectivity index (χ1n) is 6.49. The van der Waals surface area contributed by atoms with Gasteiger partial charge in [-0.3, -0.25) is 19.3 Å². The molecule has 6 heteroatoms. The molecule has 0 saturated carbocycles. The summed E-state index contributed by atoms with van der Waals surface area (Å²) in [4.78, 5) is 38.8. The number of nitrogens with zero attached hydrogens (tertiary/aromatic N) is 2. The summed E-state index contributed by atoms with van der Waals surface area (Å²) >= 11 is 0. The lowest BCUT2D eigenvalue weighted by molar-refractivity contribution is -0.150. The molecular formula is C14H15N3O3. The summed E-state index contributed by atoms with van der Waals surface area (Å²) in [6.07, 6.45) is 0.657. The second kappa shape index (κ2) is 4.33. The molecule has 1 unspecified atom stereocenters. The number of hydrogen-bond acceptors (Lipinski definition) is 4. The van der Waals surface area contributed by atoms with Gasteiger partial charge in [0.25, 0.3) is 11.8 Å². The number of nitrogen functional groups attached to an aromatic ring is 1. The second-order valence-electron chi connectivity index (χ2n) is 5.16. The van der Waals surface area contributed by atoms with Crippen molar-refractivity contribution in [2.24, 2.45) is 0 Å². The molecule has 0 aliphatic carbocycles. The Kier molecular flexibility index (Phi) is 2.74. The minimum absolute atomic E-state index is 0.199. The predicted octanol–water partition coefficient (Wildman–Crippen LogP) is 0.372. The van der Waals surface area contributed by atoms with E-state index in [2.05, 4.69) is 0 Å². The number of amides is 3. The molecule has 3 rings (SSSR count). The first-order chi connectivity index (χ1) is 9.50. The highest BCUT2D eigenvalue weighted by atomic mass is 16.2. The number of likely N-dealkylation sites (tertiary alicyclic amines) is 1. The van der Waals surface area contributed by atoms with Crippen LogP contribution in [0, 0.1) is 0 Å². The molecule has 1 atom stereocenters. The number of carbonyl (C=O) groups excluding carboxylic acids is 3. The SMILES string of the molecule is CN1C(=O)CCC(N2Cc3cccc(N)c3C2=O)C1=O. The fourth-order valence-corrected chi connectivity index (χ4v) is 2.85. The van der Waals surface area contributed by atoms with E-state index >= 15 is 0 Å². The van der Waals surface area contributed by atoms with Crippen LogP contribution < -0.4 is 5.73 Å². The quantitative estimate of drug-likeness (QED) is 0.592. The lowest BCUT2D eigenvalue weighted by atomic mass is 10.0. The highest BCUT2D eigenvalue weighted by molar-refractivity contribution is 6.07. The van der Waals surface area contributed by atoms with Crippen molar-refractivity contribution in [3.63, 3.8) is 0 Å². The fourth-order valence-electron chi connectivity index (χ4n) is 2.85. The number of benzene rings is 1. The number of nitrogens with two attached hydrogens (primary N) is 1. The van der Waals surface area contributed by atoms with Crippen LogP contribution in [0.25, 0.3) is 0 Å². The molecule has 6 nitrogen and oxygen atoms in total. The summed E-state index contributed by atoms with van der Waals surface area (Å²) in [5.41, 5.74) is 7.60. The van der Waals surface area contributed by atoms with E-state index in [-0.39, 0.29) is 24.1 Å². The molecule has 2 aliphatic heterocycles. The van der Waals surface area contributed by atoms with Crippen molar-refractivity contribution < 1.29 is 14.4 Å². The number of likely N-dealkylation sites (N-methyl/N-ethyl adjacent to an activating group) is 1. The summed E-state index contributed by atoms with van der Waals surface area (Å²) in [6, 6.07) is 4.74. The van der Waals surface area contributed by atoms with Gasteiger partial charge < -0.3 is 10.6 Å². The molecule has 0 bridgehead atoms. The molecule has 0 radical (unpaired) electrons. The Morgan fingerprint density at radius 1 is 1.25 bits per heavy atom. The highest BCUT2D eigenvalue weighted by Crippen LogP contribution is 2.31. The van der Waals surface area contributed by atoms with Gasteiger partial charge in [0.15, 0.2) is 0 Å². The number of imide groups is 1. The van der Waals surface area contributed by atoms with Crippen molar-refractivity contribution in [1.29, 1.82) is 0 Å². The minimum Gasteiger partial charge on any atom is -0.398 e. The first-order valence-corrected chi connectivity index (χ1v) is 6.49. The lowest BCUT2D eigenvalue weighted by Gasteiger charge is -2.33. The van der Waals surface area contributed by atoms with E-state index in [0.717, 1.165) is 10.5 Å². The van der Waals surface area contributed by atoms with E-state index in [0.29, 0.717) is 24.2 Å². The Morgan fingerprint density at radius 3 is 2.70 bits per heavy atom. The number of fused-ring (bicyclic) bond motifs is 1. The van der Waals surface area contributed by atoms with Crippen LogP contribution in [0.2, 0.25) is 0 Å². The van der Waals surface area contributed by atoms with Crippen LogP contribution in [0.3, 0.4) is 0 Å². The van der Waals surface area contributed by atoms with Crippen molar-refractivity contribution in [1.82, 2.24) is 9.80 Å². The van der Waals surface area contributed by atoms with Crippen LogP contribution in [-0.4, -0.2) is 40.6 Å². The van der Waals surface area contributed by atoms with Crippen LogP contribution >= 0.6 is 0 Å². The summed E-state index contributed by atoms with van der Waals surface area (Å²) in [6.45, 7) is 0.373. The third kappa shape index (κ3) is 1.68. The van der Waals surface area contributed by atoms with Crippen LogP contribution in [0.4, 0.5) is 5.69 Å². The maximum Gasteiger partial charge on any atom is 0.257 e.